The largest absolute Gasteiger partial charge is 1.00 e. The van der Waals surface area contributed by atoms with Gasteiger partial charge in [-0.1, -0.05) is 125 Å². The molecule has 1 aromatic heterocycles. The maximum atomic E-state index is 13.3. The minimum Gasteiger partial charge on any atom is -1.00 e. The Hall–Kier alpha value is -1.89. The molecule has 0 bridgehead atoms. The lowest BCUT2D eigenvalue weighted by Crippen LogP contribution is -3.00. The summed E-state index contributed by atoms with van der Waals surface area (Å²) in [6.07, 6.45) is 17.7. The standard InChI is InChI=1S/C32H43ClN2O2S.BrH/c1-3-4-5-6-7-8-9-10-11-12-13-16-22-37-31-28(19-17-20-29(31)33)32(36)34-30-21-15-14-18-27(30)24-35-23-26(2)38-25-35;/h14-15,17-21,23,25H,3-13,16,22,24H2,1-2H3;1H. The van der Waals surface area contributed by atoms with Crippen LogP contribution < -0.4 is 31.6 Å². The van der Waals surface area contributed by atoms with Crippen LogP contribution in [0.3, 0.4) is 0 Å². The highest BCUT2D eigenvalue weighted by Gasteiger charge is 2.18. The van der Waals surface area contributed by atoms with E-state index in [0.717, 1.165) is 24.1 Å². The molecule has 1 amide bonds. The van der Waals surface area contributed by atoms with E-state index in [1.807, 2.05) is 24.3 Å². The number of benzene rings is 2. The van der Waals surface area contributed by atoms with Crippen LogP contribution in [0, 0.1) is 6.92 Å². The number of carbonyl (C=O) groups excluding carboxylic acids is 1. The highest BCUT2D eigenvalue weighted by molar-refractivity contribution is 7.09. The summed E-state index contributed by atoms with van der Waals surface area (Å²) in [5, 5.41) is 3.55. The fourth-order valence-corrected chi connectivity index (χ4v) is 5.51. The molecule has 3 aromatic rings. The molecule has 1 heterocycles. The molecule has 214 valence electrons. The molecule has 1 N–H and O–H groups in total. The number of carbonyl (C=O) groups is 1. The van der Waals surface area contributed by atoms with Crippen LogP contribution in [0.1, 0.15) is 105 Å². The Labute approximate surface area is 254 Å². The summed E-state index contributed by atoms with van der Waals surface area (Å²) in [6.45, 7) is 5.61. The van der Waals surface area contributed by atoms with Gasteiger partial charge in [-0.2, -0.15) is 4.57 Å². The number of nitrogens with one attached hydrogen (secondary N) is 1. The number of hydrogen-bond donors (Lipinski definition) is 1. The number of rotatable bonds is 18. The lowest BCUT2D eigenvalue weighted by molar-refractivity contribution is -0.683. The zero-order chi connectivity index (χ0) is 27.0. The summed E-state index contributed by atoms with van der Waals surface area (Å²) in [5.41, 5.74) is 4.39. The predicted molar refractivity (Wildman–Crippen MR) is 161 cm³/mol. The molecule has 39 heavy (non-hydrogen) atoms. The second kappa shape index (κ2) is 19.2. The van der Waals surface area contributed by atoms with E-state index in [0.29, 0.717) is 29.5 Å². The van der Waals surface area contributed by atoms with Gasteiger partial charge >= 0.3 is 0 Å². The average Bonchev–Trinajstić information content (AvgIpc) is 3.33. The van der Waals surface area contributed by atoms with Gasteiger partial charge in [0.15, 0.2) is 18.5 Å². The van der Waals surface area contributed by atoms with Crippen LogP contribution in [-0.4, -0.2) is 12.5 Å². The van der Waals surface area contributed by atoms with Gasteiger partial charge in [0.05, 0.1) is 27.8 Å². The minimum absolute atomic E-state index is 0. The van der Waals surface area contributed by atoms with Gasteiger partial charge in [-0.15, -0.1) is 0 Å². The second-order valence-electron chi connectivity index (χ2n) is 10.1. The molecule has 4 nitrogen and oxygen atoms in total. The summed E-state index contributed by atoms with van der Waals surface area (Å²) >= 11 is 8.17. The minimum atomic E-state index is -0.212. The quantitative estimate of drug-likeness (QED) is 0.130. The first-order chi connectivity index (χ1) is 18.6. The van der Waals surface area contributed by atoms with E-state index in [9.17, 15) is 4.79 Å². The molecule has 0 saturated carbocycles. The van der Waals surface area contributed by atoms with Gasteiger partial charge in [0.1, 0.15) is 0 Å². The van der Waals surface area contributed by atoms with Crippen LogP contribution in [-0.2, 0) is 6.54 Å². The highest BCUT2D eigenvalue weighted by atomic mass is 79.9. The van der Waals surface area contributed by atoms with Crippen LogP contribution in [0.5, 0.6) is 5.75 Å². The molecule has 7 heteroatoms. The van der Waals surface area contributed by atoms with Gasteiger partial charge in [0, 0.05) is 5.56 Å². The van der Waals surface area contributed by atoms with E-state index in [-0.39, 0.29) is 22.9 Å². The number of anilines is 1. The summed E-state index contributed by atoms with van der Waals surface area (Å²) in [4.78, 5) is 14.5. The van der Waals surface area contributed by atoms with Crippen molar-refractivity contribution in [1.29, 1.82) is 0 Å². The zero-order valence-electron chi connectivity index (χ0n) is 23.5. The number of amides is 1. The van der Waals surface area contributed by atoms with E-state index in [4.69, 9.17) is 16.3 Å². The molecule has 0 unspecified atom stereocenters. The smallest absolute Gasteiger partial charge is 0.259 e. The normalized spacial score (nSPS) is 10.7. The van der Waals surface area contributed by atoms with Gasteiger partial charge in [-0.3, -0.25) is 4.79 Å². The molecule has 0 aliphatic heterocycles. The Kier molecular flexibility index (Phi) is 16.4. The number of para-hydroxylation sites is 2. The Bertz CT molecular complexity index is 1120. The van der Waals surface area contributed by atoms with Crippen molar-refractivity contribution in [3.05, 3.63) is 75.2 Å². The third-order valence-electron chi connectivity index (χ3n) is 6.80. The monoisotopic (exact) mass is 634 g/mol. The van der Waals surface area contributed by atoms with Gasteiger partial charge in [0.25, 0.3) is 5.91 Å². The van der Waals surface area contributed by atoms with Crippen LogP contribution in [0.2, 0.25) is 5.02 Å². The van der Waals surface area contributed by atoms with E-state index in [2.05, 4.69) is 35.4 Å². The Morgan fingerprint density at radius 3 is 2.18 bits per heavy atom. The summed E-state index contributed by atoms with van der Waals surface area (Å²) in [5.74, 6) is 0.256. The number of ether oxygens (including phenoxy) is 1. The van der Waals surface area contributed by atoms with E-state index >= 15 is 0 Å². The lowest BCUT2D eigenvalue weighted by atomic mass is 10.1. The number of thiazole rings is 1. The molecule has 0 aliphatic rings. The third-order valence-corrected chi connectivity index (χ3v) is 7.95. The van der Waals surface area contributed by atoms with Crippen molar-refractivity contribution in [2.75, 3.05) is 11.9 Å². The topological polar surface area (TPSA) is 42.2 Å². The molecule has 0 atom stereocenters. The van der Waals surface area contributed by atoms with Crippen molar-refractivity contribution >= 4 is 34.5 Å². The van der Waals surface area contributed by atoms with Crippen molar-refractivity contribution in [2.24, 2.45) is 0 Å². The van der Waals surface area contributed by atoms with Crippen molar-refractivity contribution in [3.8, 4) is 5.75 Å². The number of halogens is 2. The summed E-state index contributed by atoms with van der Waals surface area (Å²) in [6, 6.07) is 13.3. The van der Waals surface area contributed by atoms with Gasteiger partial charge in [-0.25, -0.2) is 0 Å². The second-order valence-corrected chi connectivity index (χ2v) is 11.6. The van der Waals surface area contributed by atoms with Crippen molar-refractivity contribution in [2.45, 2.75) is 97.4 Å². The summed E-state index contributed by atoms with van der Waals surface area (Å²) < 4.78 is 8.18. The molecule has 2 aromatic carbocycles. The van der Waals surface area contributed by atoms with Crippen molar-refractivity contribution in [1.82, 2.24) is 0 Å². The molecule has 0 fully saturated rings. The molecule has 3 rings (SSSR count). The number of aromatic nitrogens is 1. The van der Waals surface area contributed by atoms with Crippen LogP contribution in [0.15, 0.2) is 54.2 Å². The average molecular weight is 636 g/mol. The SMILES string of the molecule is CCCCCCCCCCCCCCOc1c(Cl)cccc1C(=O)Nc1ccccc1C[n+]1csc(C)c1.[Br-]. The zero-order valence-corrected chi connectivity index (χ0v) is 26.7. The van der Waals surface area contributed by atoms with E-state index in [1.165, 1.54) is 69.1 Å². The first-order valence-corrected chi connectivity index (χ1v) is 15.6. The first kappa shape index (κ1) is 33.3. The summed E-state index contributed by atoms with van der Waals surface area (Å²) in [7, 11) is 0. The van der Waals surface area contributed by atoms with Crippen LogP contribution >= 0.6 is 22.9 Å². The molecule has 0 spiro atoms. The Morgan fingerprint density at radius 2 is 1.54 bits per heavy atom. The van der Waals surface area contributed by atoms with Gasteiger partial charge in [0.2, 0.25) is 5.51 Å². The van der Waals surface area contributed by atoms with E-state index < -0.39 is 0 Å². The molecule has 0 radical (unpaired) electrons. The van der Waals surface area contributed by atoms with Crippen molar-refractivity contribution in [3.63, 3.8) is 0 Å². The number of aryl methyl sites for hydroxylation is 1. The maximum Gasteiger partial charge on any atom is 0.259 e. The van der Waals surface area contributed by atoms with Crippen molar-refractivity contribution < 1.29 is 31.1 Å². The molecule has 0 aliphatic carbocycles. The molecular weight excluding hydrogens is 592 g/mol. The van der Waals surface area contributed by atoms with Gasteiger partial charge < -0.3 is 27.0 Å². The fourth-order valence-electron chi connectivity index (χ4n) is 4.65. The first-order valence-electron chi connectivity index (χ1n) is 14.3. The number of unbranched alkanes of at least 4 members (excludes halogenated alkanes) is 11. The highest BCUT2D eigenvalue weighted by Crippen LogP contribution is 2.30. The molecule has 0 saturated heterocycles. The van der Waals surface area contributed by atoms with Gasteiger partial charge in [-0.05, 0) is 31.5 Å². The number of nitrogens with zero attached hydrogens (tertiary/aromatic N) is 1. The maximum absolute atomic E-state index is 13.3. The van der Waals surface area contributed by atoms with Crippen LogP contribution in [0.25, 0.3) is 0 Å². The Balaban J connectivity index is 0.00000533. The molecular formula is C32H44BrClN2O2S. The number of hydrogen-bond acceptors (Lipinski definition) is 3. The van der Waals surface area contributed by atoms with Crippen LogP contribution in [0.4, 0.5) is 5.69 Å². The third kappa shape index (κ3) is 12.0. The van der Waals surface area contributed by atoms with E-state index in [1.54, 1.807) is 29.5 Å². The predicted octanol–water partition coefficient (Wildman–Crippen LogP) is 6.38. The fraction of sp³-hybridized carbons (Fsp3) is 0.500. The Morgan fingerprint density at radius 1 is 0.897 bits per heavy atom. The lowest BCUT2D eigenvalue weighted by Gasteiger charge is -2.14.